The molecule has 0 rings (SSSR count). The van der Waals surface area contributed by atoms with Gasteiger partial charge in [-0.15, -0.1) is 0 Å². The highest BCUT2D eigenvalue weighted by molar-refractivity contribution is 5.94. The van der Waals surface area contributed by atoms with Gasteiger partial charge < -0.3 is 10.5 Å². The molecule has 94 valence electrons. The molecule has 2 N–H and O–H groups in total. The normalized spacial score (nSPS) is 10.8. The van der Waals surface area contributed by atoms with Crippen LogP contribution < -0.4 is 5.73 Å². The Bertz CT molecular complexity index is 236. The lowest BCUT2D eigenvalue weighted by atomic mass is 10.2. The number of carbonyl (C=O) groups is 3. The largest absolute Gasteiger partial charge is 0.466 e. The molecule has 0 amide bonds. The van der Waals surface area contributed by atoms with Gasteiger partial charge >= 0.3 is 5.97 Å². The molecule has 0 saturated heterocycles. The minimum Gasteiger partial charge on any atom is -0.466 e. The Morgan fingerprint density at radius 3 is 1.88 bits per heavy atom. The van der Waals surface area contributed by atoms with E-state index >= 15 is 0 Å². The maximum Gasteiger partial charge on any atom is 0.313 e. The van der Waals surface area contributed by atoms with E-state index in [1.165, 1.54) is 6.92 Å². The highest BCUT2D eigenvalue weighted by Gasteiger charge is 2.03. The number of esters is 1. The maximum atomic E-state index is 10.4. The van der Waals surface area contributed by atoms with E-state index in [1.807, 2.05) is 6.92 Å². The molecular weight excluding hydrogens is 210 g/mol. The number of ketones is 2. The molecule has 0 aromatic rings. The van der Waals surface area contributed by atoms with Crippen molar-refractivity contribution in [3.8, 4) is 0 Å². The van der Waals surface area contributed by atoms with Crippen LogP contribution in [0.2, 0.25) is 0 Å². The van der Waals surface area contributed by atoms with E-state index in [0.29, 0.717) is 13.0 Å². The van der Waals surface area contributed by atoms with Crippen molar-refractivity contribution >= 4 is 17.5 Å². The van der Waals surface area contributed by atoms with Gasteiger partial charge in [-0.25, -0.2) is 0 Å². The Morgan fingerprint density at radius 1 is 1.19 bits per heavy atom. The number of hydrogen-bond donors (Lipinski definition) is 1. The first-order valence-corrected chi connectivity index (χ1v) is 5.19. The summed E-state index contributed by atoms with van der Waals surface area (Å²) in [5.41, 5.74) is 5.27. The van der Waals surface area contributed by atoms with Crippen LogP contribution in [-0.2, 0) is 19.1 Å². The number of hydrogen-bond acceptors (Lipinski definition) is 5. The smallest absolute Gasteiger partial charge is 0.313 e. The van der Waals surface area contributed by atoms with Crippen molar-refractivity contribution < 1.29 is 19.1 Å². The molecule has 0 unspecified atom stereocenters. The third-order valence-electron chi connectivity index (χ3n) is 1.31. The molecule has 0 aliphatic carbocycles. The third kappa shape index (κ3) is 18.5. The number of Topliss-reactive ketones (excluding diaryl/α,β-unsaturated/α-hetero) is 2. The Labute approximate surface area is 96.3 Å². The number of ether oxygens (including phenoxy) is 1. The van der Waals surface area contributed by atoms with E-state index < -0.39 is 5.97 Å². The average molecular weight is 231 g/mol. The molecule has 5 heteroatoms. The van der Waals surface area contributed by atoms with E-state index in [9.17, 15) is 14.4 Å². The van der Waals surface area contributed by atoms with Gasteiger partial charge in [0.15, 0.2) is 0 Å². The van der Waals surface area contributed by atoms with Crippen molar-refractivity contribution in [2.75, 3.05) is 6.61 Å². The second-order valence-corrected chi connectivity index (χ2v) is 3.57. The van der Waals surface area contributed by atoms with Crippen molar-refractivity contribution in [2.24, 2.45) is 5.73 Å². The summed E-state index contributed by atoms with van der Waals surface area (Å²) in [5.74, 6) is -0.437. The zero-order valence-electron chi connectivity index (χ0n) is 10.4. The molecule has 0 fully saturated rings. The molecule has 0 bridgehead atoms. The summed E-state index contributed by atoms with van der Waals surface area (Å²) in [4.78, 5) is 30.8. The van der Waals surface area contributed by atoms with Crippen LogP contribution in [0.1, 0.15) is 40.5 Å². The van der Waals surface area contributed by atoms with Gasteiger partial charge in [-0.1, -0.05) is 0 Å². The Balaban J connectivity index is 0. The van der Waals surface area contributed by atoms with Crippen LogP contribution in [0.4, 0.5) is 0 Å². The van der Waals surface area contributed by atoms with Crippen molar-refractivity contribution in [3.63, 3.8) is 0 Å². The van der Waals surface area contributed by atoms with Crippen LogP contribution in [0.5, 0.6) is 0 Å². The molecule has 0 saturated carbocycles. The van der Waals surface area contributed by atoms with E-state index in [2.05, 4.69) is 4.74 Å². The van der Waals surface area contributed by atoms with Gasteiger partial charge in [0.25, 0.3) is 0 Å². The number of nitrogens with two attached hydrogens (primary N) is 1. The van der Waals surface area contributed by atoms with Gasteiger partial charge in [-0.2, -0.15) is 0 Å². The van der Waals surface area contributed by atoms with Gasteiger partial charge in [0.1, 0.15) is 18.0 Å². The molecule has 0 radical (unpaired) electrons. The predicted octanol–water partition coefficient (Wildman–Crippen LogP) is 0.841. The van der Waals surface area contributed by atoms with Crippen LogP contribution in [0, 0.1) is 0 Å². The van der Waals surface area contributed by atoms with Crippen molar-refractivity contribution in [2.45, 2.75) is 46.6 Å². The topological polar surface area (TPSA) is 86.5 Å². The second-order valence-electron chi connectivity index (χ2n) is 3.57. The average Bonchev–Trinajstić information content (AvgIpc) is 2.00. The highest BCUT2D eigenvalue weighted by Crippen LogP contribution is 1.86. The lowest BCUT2D eigenvalue weighted by Crippen LogP contribution is -2.17. The lowest BCUT2D eigenvalue weighted by molar-refractivity contribution is -0.145. The minimum atomic E-state index is -0.440. The standard InChI is InChI=1S/C6H10O3.C5H11NO/c1-3-9-6(8)4-5(2)7;1-4(6)3-5(2)7/h3-4H2,1-2H3;4H,3,6H2,1-2H3/t;4-/m.1/s1. The Morgan fingerprint density at radius 2 is 1.69 bits per heavy atom. The fourth-order valence-electron chi connectivity index (χ4n) is 0.869. The first-order chi connectivity index (χ1) is 7.29. The second kappa shape index (κ2) is 10.3. The van der Waals surface area contributed by atoms with Gasteiger partial charge in [0, 0.05) is 12.5 Å². The van der Waals surface area contributed by atoms with E-state index in [-0.39, 0.29) is 24.0 Å². The first kappa shape index (κ1) is 17.2. The van der Waals surface area contributed by atoms with Crippen LogP contribution in [-0.4, -0.2) is 30.2 Å². The predicted molar refractivity (Wildman–Crippen MR) is 60.9 cm³/mol. The van der Waals surface area contributed by atoms with E-state index in [1.54, 1.807) is 13.8 Å². The Kier molecular flexibility index (Phi) is 11.0. The molecule has 0 heterocycles. The molecule has 0 aliphatic rings. The van der Waals surface area contributed by atoms with Crippen molar-refractivity contribution in [3.05, 3.63) is 0 Å². The first-order valence-electron chi connectivity index (χ1n) is 5.19. The lowest BCUT2D eigenvalue weighted by Gasteiger charge is -1.96. The van der Waals surface area contributed by atoms with E-state index in [4.69, 9.17) is 5.73 Å². The summed E-state index contributed by atoms with van der Waals surface area (Å²) in [6.07, 6.45) is 0.397. The van der Waals surface area contributed by atoms with Crippen molar-refractivity contribution in [1.82, 2.24) is 0 Å². The van der Waals surface area contributed by atoms with Gasteiger partial charge in [0.05, 0.1) is 6.61 Å². The quantitative estimate of drug-likeness (QED) is 0.559. The summed E-state index contributed by atoms with van der Waals surface area (Å²) in [5, 5.41) is 0. The fourth-order valence-corrected chi connectivity index (χ4v) is 0.869. The number of carbonyl (C=O) groups excluding carboxylic acids is 3. The van der Waals surface area contributed by atoms with Crippen molar-refractivity contribution in [1.29, 1.82) is 0 Å². The monoisotopic (exact) mass is 231 g/mol. The SMILES string of the molecule is CC(=O)C[C@@H](C)N.CCOC(=O)CC(C)=O. The summed E-state index contributed by atoms with van der Waals surface area (Å²) < 4.78 is 4.49. The highest BCUT2D eigenvalue weighted by atomic mass is 16.5. The summed E-state index contributed by atoms with van der Waals surface area (Å²) in [6, 6.07) is 0.0255. The molecule has 0 spiro atoms. The summed E-state index contributed by atoms with van der Waals surface area (Å²) in [6.45, 7) is 6.77. The summed E-state index contributed by atoms with van der Waals surface area (Å²) in [7, 11) is 0. The van der Waals surface area contributed by atoms with E-state index in [0.717, 1.165) is 0 Å². The molecule has 0 aromatic carbocycles. The zero-order chi connectivity index (χ0) is 13.1. The molecular formula is C11H21NO4. The molecule has 5 nitrogen and oxygen atoms in total. The molecule has 0 aromatic heterocycles. The third-order valence-corrected chi connectivity index (χ3v) is 1.31. The van der Waals surface area contributed by atoms with Crippen LogP contribution in [0.25, 0.3) is 0 Å². The van der Waals surface area contributed by atoms with Crippen LogP contribution >= 0.6 is 0 Å². The Hall–Kier alpha value is -1.23. The summed E-state index contributed by atoms with van der Waals surface area (Å²) >= 11 is 0. The zero-order valence-corrected chi connectivity index (χ0v) is 10.4. The van der Waals surface area contributed by atoms with Gasteiger partial charge in [0.2, 0.25) is 0 Å². The van der Waals surface area contributed by atoms with Crippen LogP contribution in [0.15, 0.2) is 0 Å². The maximum absolute atomic E-state index is 10.4. The molecule has 1 atom stereocenters. The van der Waals surface area contributed by atoms with Crippen LogP contribution in [0.3, 0.4) is 0 Å². The van der Waals surface area contributed by atoms with Gasteiger partial charge in [-0.05, 0) is 27.7 Å². The number of rotatable bonds is 5. The van der Waals surface area contributed by atoms with Gasteiger partial charge in [-0.3, -0.25) is 14.4 Å². The molecule has 16 heavy (non-hydrogen) atoms. The minimum absolute atomic E-state index is 0.0255. The fraction of sp³-hybridized carbons (Fsp3) is 0.727. The molecule has 0 aliphatic heterocycles.